The first kappa shape index (κ1) is 15.0. The molecule has 2 nitrogen and oxygen atoms in total. The number of amides is 1. The van der Waals surface area contributed by atoms with Crippen LogP contribution in [0, 0.1) is 0 Å². The molecule has 0 saturated carbocycles. The third kappa shape index (κ3) is 4.27. The summed E-state index contributed by atoms with van der Waals surface area (Å²) in [6.07, 6.45) is 0.947. The van der Waals surface area contributed by atoms with Crippen LogP contribution in [-0.2, 0) is 0 Å². The zero-order chi connectivity index (χ0) is 12.8. The highest BCUT2D eigenvalue weighted by Gasteiger charge is 2.15. The molecule has 94 valence electrons. The maximum absolute atomic E-state index is 12.2. The Morgan fingerprint density at radius 2 is 2.12 bits per heavy atom. The summed E-state index contributed by atoms with van der Waals surface area (Å²) in [4.78, 5) is 14.0. The van der Waals surface area contributed by atoms with Gasteiger partial charge in [0.1, 0.15) is 0 Å². The summed E-state index contributed by atoms with van der Waals surface area (Å²) in [6.45, 7) is 3.53. The Balaban J connectivity index is 2.88. The Kier molecular flexibility index (Phi) is 6.52. The third-order valence-electron chi connectivity index (χ3n) is 2.30. The topological polar surface area (TPSA) is 20.3 Å². The lowest BCUT2D eigenvalue weighted by Crippen LogP contribution is -2.33. The van der Waals surface area contributed by atoms with Crippen molar-refractivity contribution in [3.05, 3.63) is 33.3 Å². The van der Waals surface area contributed by atoms with Gasteiger partial charge in [0.15, 0.2) is 0 Å². The maximum atomic E-state index is 12.2. The molecule has 0 aliphatic heterocycles. The van der Waals surface area contributed by atoms with Crippen LogP contribution in [0.25, 0.3) is 0 Å². The van der Waals surface area contributed by atoms with Gasteiger partial charge in [0.05, 0.1) is 5.02 Å². The Morgan fingerprint density at radius 1 is 1.41 bits per heavy atom. The van der Waals surface area contributed by atoms with Crippen molar-refractivity contribution in [1.29, 1.82) is 0 Å². The average Bonchev–Trinajstić information content (AvgIpc) is 2.31. The van der Waals surface area contributed by atoms with Crippen molar-refractivity contribution < 1.29 is 4.79 Å². The summed E-state index contributed by atoms with van der Waals surface area (Å²) in [7, 11) is 0. The first-order valence-corrected chi connectivity index (χ1v) is 7.69. The fourth-order valence-corrected chi connectivity index (χ4v) is 2.35. The van der Waals surface area contributed by atoms with E-state index in [2.05, 4.69) is 38.8 Å². The maximum Gasteiger partial charge on any atom is 0.253 e. The summed E-state index contributed by atoms with van der Waals surface area (Å²) >= 11 is 12.7. The lowest BCUT2D eigenvalue weighted by molar-refractivity contribution is 0.0766. The van der Waals surface area contributed by atoms with Crippen LogP contribution in [0.4, 0.5) is 0 Å². The number of benzene rings is 1. The lowest BCUT2D eigenvalue weighted by atomic mass is 10.2. The van der Waals surface area contributed by atoms with Gasteiger partial charge in [-0.15, -0.1) is 0 Å². The number of halogens is 3. The van der Waals surface area contributed by atoms with Crippen LogP contribution >= 0.6 is 43.5 Å². The second kappa shape index (κ2) is 7.39. The Hall–Kier alpha value is -0.0600. The molecule has 1 amide bonds. The quantitative estimate of drug-likeness (QED) is 0.692. The van der Waals surface area contributed by atoms with Gasteiger partial charge in [-0.2, -0.15) is 0 Å². The van der Waals surface area contributed by atoms with Gasteiger partial charge in [0.25, 0.3) is 5.91 Å². The molecular formula is C12H14Br2ClNO. The molecule has 5 heteroatoms. The second-order valence-corrected chi connectivity index (χ2v) is 5.66. The first-order valence-electron chi connectivity index (χ1n) is 5.40. The van der Waals surface area contributed by atoms with E-state index in [0.29, 0.717) is 17.1 Å². The van der Waals surface area contributed by atoms with Crippen LogP contribution < -0.4 is 0 Å². The summed E-state index contributed by atoms with van der Waals surface area (Å²) in [5, 5.41) is 1.34. The molecule has 0 aromatic heterocycles. The Labute approximate surface area is 124 Å². The van der Waals surface area contributed by atoms with E-state index in [0.717, 1.165) is 22.8 Å². The number of carbonyl (C=O) groups is 1. The number of rotatable bonds is 5. The molecule has 1 aromatic carbocycles. The second-order valence-electron chi connectivity index (χ2n) is 3.61. The van der Waals surface area contributed by atoms with E-state index in [9.17, 15) is 4.79 Å². The molecule has 0 aliphatic carbocycles. The molecule has 0 bridgehead atoms. The normalized spacial score (nSPS) is 10.4. The van der Waals surface area contributed by atoms with Crippen LogP contribution in [0.5, 0.6) is 0 Å². The van der Waals surface area contributed by atoms with Crippen LogP contribution in [-0.4, -0.2) is 29.2 Å². The van der Waals surface area contributed by atoms with Crippen molar-refractivity contribution in [3.63, 3.8) is 0 Å². The van der Waals surface area contributed by atoms with Crippen molar-refractivity contribution in [1.82, 2.24) is 4.90 Å². The number of nitrogens with zero attached hydrogens (tertiary/aromatic N) is 1. The standard InChI is InChI=1S/C12H14Br2ClNO/c1-2-6-16(7-5-13)12(17)9-3-4-10(14)11(15)8-9/h3-4,8H,2,5-7H2,1H3. The van der Waals surface area contributed by atoms with Crippen molar-refractivity contribution in [2.75, 3.05) is 18.4 Å². The van der Waals surface area contributed by atoms with Crippen molar-refractivity contribution in [2.24, 2.45) is 0 Å². The van der Waals surface area contributed by atoms with Crippen molar-refractivity contribution >= 4 is 49.4 Å². The molecular weight excluding hydrogens is 369 g/mol. The van der Waals surface area contributed by atoms with Gasteiger partial charge in [0.2, 0.25) is 0 Å². The van der Waals surface area contributed by atoms with E-state index in [-0.39, 0.29) is 5.91 Å². The van der Waals surface area contributed by atoms with Gasteiger partial charge in [-0.3, -0.25) is 4.79 Å². The van der Waals surface area contributed by atoms with Gasteiger partial charge in [-0.1, -0.05) is 34.5 Å². The van der Waals surface area contributed by atoms with E-state index in [1.165, 1.54) is 0 Å². The van der Waals surface area contributed by atoms with E-state index >= 15 is 0 Å². The first-order chi connectivity index (χ1) is 8.10. The van der Waals surface area contributed by atoms with Gasteiger partial charge in [-0.05, 0) is 40.5 Å². The van der Waals surface area contributed by atoms with Gasteiger partial charge >= 0.3 is 0 Å². The van der Waals surface area contributed by atoms with Crippen LogP contribution in [0.3, 0.4) is 0 Å². The predicted octanol–water partition coefficient (Wildman–Crippen LogP) is 4.35. The van der Waals surface area contributed by atoms with E-state index in [1.54, 1.807) is 18.2 Å². The zero-order valence-electron chi connectivity index (χ0n) is 9.55. The molecule has 0 atom stereocenters. The number of carbonyl (C=O) groups excluding carboxylic acids is 1. The Bertz CT molecular complexity index is 392. The van der Waals surface area contributed by atoms with Gasteiger partial charge < -0.3 is 4.90 Å². The number of hydrogen-bond acceptors (Lipinski definition) is 1. The molecule has 0 spiro atoms. The summed E-state index contributed by atoms with van der Waals surface area (Å²) in [5.74, 6) is 0.0284. The fraction of sp³-hybridized carbons (Fsp3) is 0.417. The molecule has 0 fully saturated rings. The Morgan fingerprint density at radius 3 is 2.65 bits per heavy atom. The van der Waals surface area contributed by atoms with Crippen molar-refractivity contribution in [3.8, 4) is 0 Å². The highest BCUT2D eigenvalue weighted by atomic mass is 79.9. The molecule has 1 aromatic rings. The minimum Gasteiger partial charge on any atom is -0.338 e. The molecule has 0 aliphatic rings. The fourth-order valence-electron chi connectivity index (χ4n) is 1.50. The summed E-state index contributed by atoms with van der Waals surface area (Å²) in [6, 6.07) is 5.29. The largest absolute Gasteiger partial charge is 0.338 e. The van der Waals surface area contributed by atoms with Crippen LogP contribution in [0.1, 0.15) is 23.7 Å². The van der Waals surface area contributed by atoms with E-state index in [4.69, 9.17) is 11.6 Å². The SMILES string of the molecule is CCCN(CCBr)C(=O)c1ccc(Br)c(Cl)c1. The molecule has 0 heterocycles. The monoisotopic (exact) mass is 381 g/mol. The summed E-state index contributed by atoms with van der Waals surface area (Å²) in [5.41, 5.74) is 0.632. The smallest absolute Gasteiger partial charge is 0.253 e. The lowest BCUT2D eigenvalue weighted by Gasteiger charge is -2.21. The van der Waals surface area contributed by atoms with Crippen LogP contribution in [0.2, 0.25) is 5.02 Å². The summed E-state index contributed by atoms with van der Waals surface area (Å²) < 4.78 is 0.804. The van der Waals surface area contributed by atoms with Gasteiger partial charge in [-0.25, -0.2) is 0 Å². The van der Waals surface area contributed by atoms with Gasteiger partial charge in [0, 0.05) is 28.5 Å². The van der Waals surface area contributed by atoms with E-state index in [1.807, 2.05) is 4.90 Å². The zero-order valence-corrected chi connectivity index (χ0v) is 13.5. The molecule has 0 saturated heterocycles. The molecule has 17 heavy (non-hydrogen) atoms. The molecule has 1 rings (SSSR count). The third-order valence-corrected chi connectivity index (χ3v) is 3.89. The minimum absolute atomic E-state index is 0.0284. The van der Waals surface area contributed by atoms with E-state index < -0.39 is 0 Å². The number of alkyl halides is 1. The molecule has 0 unspecified atom stereocenters. The highest BCUT2D eigenvalue weighted by Crippen LogP contribution is 2.23. The molecule has 0 N–H and O–H groups in total. The average molecular weight is 384 g/mol. The predicted molar refractivity (Wildman–Crippen MR) is 79.1 cm³/mol. The highest BCUT2D eigenvalue weighted by molar-refractivity contribution is 9.10. The molecule has 0 radical (unpaired) electrons. The number of hydrogen-bond donors (Lipinski definition) is 0. The van der Waals surface area contributed by atoms with Crippen LogP contribution in [0.15, 0.2) is 22.7 Å². The minimum atomic E-state index is 0.0284. The van der Waals surface area contributed by atoms with Crippen molar-refractivity contribution in [2.45, 2.75) is 13.3 Å².